The lowest BCUT2D eigenvalue weighted by atomic mass is 10.0. The Morgan fingerprint density at radius 3 is 1.59 bits per heavy atom. The Morgan fingerprint density at radius 2 is 0.857 bits per heavy atom. The second-order valence-electron chi connectivity index (χ2n) is 16.0. The van der Waals surface area contributed by atoms with Gasteiger partial charge in [0, 0.05) is 49.1 Å². The summed E-state index contributed by atoms with van der Waals surface area (Å²) in [6, 6.07) is 74.4. The first-order valence-electron chi connectivity index (χ1n) is 21.2. The molecule has 13 rings (SSSR count). The van der Waals surface area contributed by atoms with Crippen LogP contribution in [0.25, 0.3) is 122 Å². The Kier molecular flexibility index (Phi) is 7.80. The molecule has 0 bridgehead atoms. The lowest BCUT2D eigenvalue weighted by Crippen LogP contribution is -2.00. The summed E-state index contributed by atoms with van der Waals surface area (Å²) in [5.74, 6) is 1.76. The molecule has 0 fully saturated rings. The summed E-state index contributed by atoms with van der Waals surface area (Å²) < 4.78 is 12.1. The van der Waals surface area contributed by atoms with Crippen molar-refractivity contribution in [2.45, 2.75) is 0 Å². The normalized spacial score (nSPS) is 11.8. The quantitative estimate of drug-likeness (QED) is 0.168. The number of nitrogens with zero attached hydrogens (tertiary/aromatic N) is 5. The number of hydrogen-bond donors (Lipinski definition) is 0. The topological polar surface area (TPSA) is 61.7 Å². The predicted molar refractivity (Wildman–Crippen MR) is 258 cm³/mol. The molecule has 6 heteroatoms. The van der Waals surface area contributed by atoms with Crippen molar-refractivity contribution in [1.82, 2.24) is 24.1 Å². The highest BCUT2D eigenvalue weighted by Crippen LogP contribution is 2.45. The molecule has 4 aromatic heterocycles. The largest absolute Gasteiger partial charge is 0.453 e. The first-order valence-corrected chi connectivity index (χ1v) is 21.2. The Labute approximate surface area is 361 Å². The SMILES string of the molecule is c1ccc(-c2ccc3c(c2)c2ccccc2n3-c2cccc3c4ccc5c6cccc(-c7nc(-c8ccccc8)nc(-c8ccccc8)n7)c6oc5c4n(-c4ccccc4)c23)cc1. The lowest BCUT2D eigenvalue weighted by molar-refractivity contribution is 0.671. The number of rotatable bonds is 6. The number of benzene rings is 9. The zero-order valence-electron chi connectivity index (χ0n) is 33.9. The molecule has 0 saturated carbocycles. The summed E-state index contributed by atoms with van der Waals surface area (Å²) in [7, 11) is 0. The molecule has 0 amide bonds. The fourth-order valence-electron chi connectivity index (χ4n) is 9.55. The van der Waals surface area contributed by atoms with E-state index in [0.29, 0.717) is 17.5 Å². The Bertz CT molecular complexity index is 3830. The van der Waals surface area contributed by atoms with E-state index >= 15 is 0 Å². The van der Waals surface area contributed by atoms with Gasteiger partial charge in [0.2, 0.25) is 0 Å². The maximum absolute atomic E-state index is 7.23. The van der Waals surface area contributed by atoms with Crippen molar-refractivity contribution in [3.05, 3.63) is 212 Å². The zero-order valence-corrected chi connectivity index (χ0v) is 33.9. The zero-order chi connectivity index (χ0) is 41.4. The van der Waals surface area contributed by atoms with Gasteiger partial charge < -0.3 is 13.6 Å². The van der Waals surface area contributed by atoms with Crippen LogP contribution < -0.4 is 0 Å². The van der Waals surface area contributed by atoms with Crippen molar-refractivity contribution in [2.75, 3.05) is 0 Å². The van der Waals surface area contributed by atoms with Crippen molar-refractivity contribution in [2.24, 2.45) is 0 Å². The average molecular weight is 806 g/mol. The highest BCUT2D eigenvalue weighted by molar-refractivity contribution is 6.24. The molecule has 0 N–H and O–H groups in total. The summed E-state index contributed by atoms with van der Waals surface area (Å²) in [4.78, 5) is 15.2. The van der Waals surface area contributed by atoms with Crippen molar-refractivity contribution >= 4 is 65.6 Å². The van der Waals surface area contributed by atoms with Gasteiger partial charge in [-0.15, -0.1) is 0 Å². The molecule has 63 heavy (non-hydrogen) atoms. The van der Waals surface area contributed by atoms with E-state index < -0.39 is 0 Å². The van der Waals surface area contributed by atoms with Gasteiger partial charge >= 0.3 is 0 Å². The number of furan rings is 1. The third-order valence-corrected chi connectivity index (χ3v) is 12.4. The van der Waals surface area contributed by atoms with Gasteiger partial charge in [0.1, 0.15) is 5.58 Å². The minimum absolute atomic E-state index is 0.552. The fourth-order valence-corrected chi connectivity index (χ4v) is 9.55. The Hall–Kier alpha value is -8.61. The van der Waals surface area contributed by atoms with E-state index in [9.17, 15) is 0 Å². The van der Waals surface area contributed by atoms with E-state index in [2.05, 4.69) is 161 Å². The third kappa shape index (κ3) is 5.48. The molecule has 13 aromatic rings. The van der Waals surface area contributed by atoms with Crippen molar-refractivity contribution in [3.63, 3.8) is 0 Å². The molecular weight excluding hydrogens is 771 g/mol. The first kappa shape index (κ1) is 35.2. The first-order chi connectivity index (χ1) is 31.3. The average Bonchev–Trinajstić information content (AvgIpc) is 4.03. The molecule has 0 unspecified atom stereocenters. The van der Waals surface area contributed by atoms with Crippen LogP contribution in [0, 0.1) is 0 Å². The van der Waals surface area contributed by atoms with Gasteiger partial charge in [-0.05, 0) is 59.7 Å². The minimum atomic E-state index is 0.552. The number of aromatic nitrogens is 5. The van der Waals surface area contributed by atoms with Gasteiger partial charge in [0.25, 0.3) is 0 Å². The van der Waals surface area contributed by atoms with Crippen LogP contribution in [0.15, 0.2) is 217 Å². The number of fused-ring (bicyclic) bond motifs is 10. The van der Waals surface area contributed by atoms with E-state index in [0.717, 1.165) is 82.8 Å². The lowest BCUT2D eigenvalue weighted by Gasteiger charge is -2.14. The predicted octanol–water partition coefficient (Wildman–Crippen LogP) is 14.6. The standard InChI is InChI=1S/C57H35N5O/c1-5-17-36(18-6-1)39-31-34-49-47(35-39)41-25-13-14-29-48(41)62(49)50-30-16-26-42-43-32-33-45-44-27-15-28-46(53(44)63-54(45)52(43)61(51(42)50)40-23-11-4-12-24-40)57-59-55(37-19-7-2-8-20-37)58-56(60-57)38-21-9-3-10-22-38/h1-35H. The van der Waals surface area contributed by atoms with E-state index in [1.165, 1.54) is 21.9 Å². The van der Waals surface area contributed by atoms with Crippen LogP contribution in [-0.2, 0) is 0 Å². The van der Waals surface area contributed by atoms with E-state index in [-0.39, 0.29) is 0 Å². The molecule has 0 aliphatic carbocycles. The second-order valence-corrected chi connectivity index (χ2v) is 16.0. The third-order valence-electron chi connectivity index (χ3n) is 12.4. The van der Waals surface area contributed by atoms with Gasteiger partial charge in [0.15, 0.2) is 23.1 Å². The summed E-state index contributed by atoms with van der Waals surface area (Å²) in [5, 5.41) is 6.68. The van der Waals surface area contributed by atoms with Crippen LogP contribution in [-0.4, -0.2) is 24.1 Å². The van der Waals surface area contributed by atoms with Gasteiger partial charge in [-0.1, -0.05) is 164 Å². The molecule has 0 radical (unpaired) electrons. The van der Waals surface area contributed by atoms with Crippen molar-refractivity contribution in [1.29, 1.82) is 0 Å². The van der Waals surface area contributed by atoms with Crippen LogP contribution in [0.3, 0.4) is 0 Å². The molecule has 0 aliphatic rings. The Morgan fingerprint density at radius 1 is 0.317 bits per heavy atom. The van der Waals surface area contributed by atoms with Crippen LogP contribution in [0.1, 0.15) is 0 Å². The van der Waals surface area contributed by atoms with E-state index in [1.54, 1.807) is 0 Å². The van der Waals surface area contributed by atoms with Gasteiger partial charge in [-0.25, -0.2) is 15.0 Å². The van der Waals surface area contributed by atoms with Crippen LogP contribution >= 0.6 is 0 Å². The van der Waals surface area contributed by atoms with Crippen molar-refractivity contribution < 1.29 is 4.42 Å². The minimum Gasteiger partial charge on any atom is -0.453 e. The van der Waals surface area contributed by atoms with Crippen LogP contribution in [0.5, 0.6) is 0 Å². The fraction of sp³-hybridized carbons (Fsp3) is 0. The van der Waals surface area contributed by atoms with Crippen LogP contribution in [0.4, 0.5) is 0 Å². The molecule has 4 heterocycles. The molecule has 6 nitrogen and oxygen atoms in total. The summed E-state index contributed by atoms with van der Waals surface area (Å²) in [5.41, 5.74) is 13.1. The second kappa shape index (κ2) is 14.0. The molecule has 0 spiro atoms. The summed E-state index contributed by atoms with van der Waals surface area (Å²) in [6.07, 6.45) is 0. The van der Waals surface area contributed by atoms with E-state index in [1.807, 2.05) is 60.7 Å². The number of hydrogen-bond acceptors (Lipinski definition) is 4. The molecule has 0 atom stereocenters. The van der Waals surface area contributed by atoms with Crippen molar-refractivity contribution in [3.8, 4) is 56.7 Å². The smallest absolute Gasteiger partial charge is 0.167 e. The maximum atomic E-state index is 7.23. The van der Waals surface area contributed by atoms with Crippen LogP contribution in [0.2, 0.25) is 0 Å². The molecule has 294 valence electrons. The summed E-state index contributed by atoms with van der Waals surface area (Å²) in [6.45, 7) is 0. The summed E-state index contributed by atoms with van der Waals surface area (Å²) >= 11 is 0. The monoisotopic (exact) mass is 805 g/mol. The highest BCUT2D eigenvalue weighted by Gasteiger charge is 2.25. The van der Waals surface area contributed by atoms with Gasteiger partial charge in [-0.3, -0.25) is 0 Å². The van der Waals surface area contributed by atoms with E-state index in [4.69, 9.17) is 19.4 Å². The maximum Gasteiger partial charge on any atom is 0.167 e. The number of para-hydroxylation sites is 4. The Balaban J connectivity index is 1.10. The molecule has 0 aliphatic heterocycles. The van der Waals surface area contributed by atoms with Gasteiger partial charge in [0.05, 0.1) is 33.3 Å². The molecular formula is C57H35N5O. The molecule has 0 saturated heterocycles. The van der Waals surface area contributed by atoms with Gasteiger partial charge in [-0.2, -0.15) is 0 Å². The molecule has 9 aromatic carbocycles. The highest BCUT2D eigenvalue weighted by atomic mass is 16.3.